The van der Waals surface area contributed by atoms with E-state index in [0.29, 0.717) is 25.2 Å². The molecule has 1 amide bonds. The summed E-state index contributed by atoms with van der Waals surface area (Å²) in [7, 11) is -2.01. The van der Waals surface area contributed by atoms with Gasteiger partial charge in [0.05, 0.1) is 12.0 Å². The highest BCUT2D eigenvalue weighted by molar-refractivity contribution is 7.89. The van der Waals surface area contributed by atoms with Crippen molar-refractivity contribution in [1.82, 2.24) is 29.4 Å². The zero-order valence-corrected chi connectivity index (χ0v) is 20.9. The second-order valence-corrected chi connectivity index (χ2v) is 12.0. The Bertz CT molecular complexity index is 1260. The molecule has 0 bridgehead atoms. The molecule has 182 valence electrons. The molecule has 2 aromatic heterocycles. The van der Waals surface area contributed by atoms with E-state index in [9.17, 15) is 13.2 Å². The van der Waals surface area contributed by atoms with E-state index >= 15 is 0 Å². The number of hydrogen-bond acceptors (Lipinski definition) is 5. The molecule has 1 atom stereocenters. The first-order valence-corrected chi connectivity index (χ1v) is 12.8. The number of piperidine rings is 1. The predicted molar refractivity (Wildman–Crippen MR) is 129 cm³/mol. The van der Waals surface area contributed by atoms with Crippen LogP contribution in [0, 0.1) is 0 Å². The van der Waals surface area contributed by atoms with E-state index in [0.717, 1.165) is 17.7 Å². The van der Waals surface area contributed by atoms with Crippen molar-refractivity contribution >= 4 is 15.9 Å². The lowest BCUT2D eigenvalue weighted by Crippen LogP contribution is -2.53. The highest BCUT2D eigenvalue weighted by Gasteiger charge is 2.42. The average Bonchev–Trinajstić information content (AvgIpc) is 3.48. The molecule has 1 saturated heterocycles. The summed E-state index contributed by atoms with van der Waals surface area (Å²) in [6.07, 6.45) is 4.43. The van der Waals surface area contributed by atoms with Gasteiger partial charge in [-0.15, -0.1) is 0 Å². The van der Waals surface area contributed by atoms with Gasteiger partial charge in [0, 0.05) is 43.7 Å². The number of benzene rings is 1. The molecular weight excluding hydrogens is 452 g/mol. The minimum absolute atomic E-state index is 0.0371. The molecule has 0 radical (unpaired) electrons. The Kier molecular flexibility index (Phi) is 6.39. The molecule has 10 heteroatoms. The van der Waals surface area contributed by atoms with Gasteiger partial charge >= 0.3 is 0 Å². The van der Waals surface area contributed by atoms with Crippen molar-refractivity contribution in [2.45, 2.75) is 49.5 Å². The van der Waals surface area contributed by atoms with Crippen molar-refractivity contribution in [2.24, 2.45) is 7.05 Å². The van der Waals surface area contributed by atoms with E-state index in [2.05, 4.69) is 20.5 Å². The fraction of sp³-hybridized carbons (Fsp3) is 0.458. The topological polar surface area (TPSA) is 113 Å². The summed E-state index contributed by atoms with van der Waals surface area (Å²) < 4.78 is 29.8. The molecule has 0 aliphatic carbocycles. The number of aromatic nitrogens is 4. The average molecular weight is 485 g/mol. The smallest absolute Gasteiger partial charge is 0.269 e. The maximum Gasteiger partial charge on any atom is 0.269 e. The third-order valence-corrected chi connectivity index (χ3v) is 8.12. The van der Waals surface area contributed by atoms with E-state index < -0.39 is 15.4 Å². The van der Waals surface area contributed by atoms with E-state index in [4.69, 9.17) is 0 Å². The van der Waals surface area contributed by atoms with Crippen LogP contribution in [0.5, 0.6) is 0 Å². The number of imidazole rings is 1. The second kappa shape index (κ2) is 8.99. The summed E-state index contributed by atoms with van der Waals surface area (Å²) >= 11 is 0. The lowest BCUT2D eigenvalue weighted by molar-refractivity contribution is 0.0927. The molecular formula is C24H32N6O3S. The highest BCUT2D eigenvalue weighted by atomic mass is 32.2. The van der Waals surface area contributed by atoms with Crippen LogP contribution in [-0.4, -0.2) is 58.0 Å². The predicted octanol–water partition coefficient (Wildman–Crippen LogP) is 2.59. The molecule has 34 heavy (non-hydrogen) atoms. The normalized spacial score (nSPS) is 19.8. The van der Waals surface area contributed by atoms with Gasteiger partial charge < -0.3 is 9.88 Å². The first-order chi connectivity index (χ1) is 16.0. The molecule has 1 fully saturated rings. The van der Waals surface area contributed by atoms with Crippen LogP contribution in [0.4, 0.5) is 0 Å². The molecule has 4 rings (SSSR count). The van der Waals surface area contributed by atoms with Crippen molar-refractivity contribution in [3.05, 3.63) is 65.9 Å². The zero-order chi connectivity index (χ0) is 24.6. The van der Waals surface area contributed by atoms with Crippen LogP contribution in [-0.2, 0) is 27.9 Å². The Morgan fingerprint density at radius 3 is 2.59 bits per heavy atom. The summed E-state index contributed by atoms with van der Waals surface area (Å²) in [4.78, 5) is 17.0. The van der Waals surface area contributed by atoms with Crippen LogP contribution >= 0.6 is 0 Å². The van der Waals surface area contributed by atoms with Crippen molar-refractivity contribution < 1.29 is 13.2 Å². The van der Waals surface area contributed by atoms with Crippen molar-refractivity contribution in [2.75, 3.05) is 19.6 Å². The number of hydrogen-bond donors (Lipinski definition) is 2. The maximum atomic E-state index is 13.3. The molecule has 0 spiro atoms. The SMILES string of the molecule is Cn1cnc(S(=O)(=O)N2CCCC(CNC(=O)c3cc(C(C)(C)C)n[nH]3)(c3ccccc3)C2)c1. The molecule has 3 heterocycles. The Hall–Kier alpha value is -2.98. The van der Waals surface area contributed by atoms with E-state index in [1.807, 2.05) is 51.1 Å². The number of nitrogens with one attached hydrogen (secondary N) is 2. The first kappa shape index (κ1) is 24.2. The van der Waals surface area contributed by atoms with Crippen LogP contribution in [0.3, 0.4) is 0 Å². The Morgan fingerprint density at radius 2 is 1.97 bits per heavy atom. The standard InChI is InChI=1S/C24H32N6O3S/c1-23(2,3)20-13-19(27-28-20)22(31)25-15-24(18-9-6-5-7-10-18)11-8-12-30(16-24)34(32,33)21-14-29(4)17-26-21/h5-7,9-10,13-14,17H,8,11-12,15-16H2,1-4H3,(H,25,31)(H,27,28). The van der Waals surface area contributed by atoms with Gasteiger partial charge in [0.1, 0.15) is 5.69 Å². The fourth-order valence-corrected chi connectivity index (χ4v) is 5.92. The van der Waals surface area contributed by atoms with Gasteiger partial charge in [0.25, 0.3) is 15.9 Å². The van der Waals surface area contributed by atoms with Crippen LogP contribution in [0.15, 0.2) is 53.9 Å². The van der Waals surface area contributed by atoms with Gasteiger partial charge in [-0.2, -0.15) is 9.40 Å². The third-order valence-electron chi connectivity index (χ3n) is 6.39. The van der Waals surface area contributed by atoms with E-state index in [1.54, 1.807) is 17.7 Å². The number of aryl methyl sites for hydroxylation is 1. The first-order valence-electron chi connectivity index (χ1n) is 11.4. The van der Waals surface area contributed by atoms with Crippen molar-refractivity contribution in [3.8, 4) is 0 Å². The van der Waals surface area contributed by atoms with Gasteiger partial charge in [0.2, 0.25) is 0 Å². The number of amides is 1. The molecule has 1 aliphatic heterocycles. The summed E-state index contributed by atoms with van der Waals surface area (Å²) in [5, 5.41) is 10.2. The summed E-state index contributed by atoms with van der Waals surface area (Å²) in [5.41, 5.74) is 1.45. The number of carbonyl (C=O) groups excluding carboxylic acids is 1. The number of sulfonamides is 1. The summed E-state index contributed by atoms with van der Waals surface area (Å²) in [5.74, 6) is -0.261. The van der Waals surface area contributed by atoms with Crippen LogP contribution in [0.2, 0.25) is 0 Å². The van der Waals surface area contributed by atoms with E-state index in [1.165, 1.54) is 16.8 Å². The lowest BCUT2D eigenvalue weighted by atomic mass is 9.74. The zero-order valence-electron chi connectivity index (χ0n) is 20.1. The van der Waals surface area contributed by atoms with E-state index in [-0.39, 0.29) is 22.9 Å². The maximum absolute atomic E-state index is 13.3. The van der Waals surface area contributed by atoms with Crippen molar-refractivity contribution in [3.63, 3.8) is 0 Å². The molecule has 1 aliphatic rings. The Balaban J connectivity index is 1.60. The largest absolute Gasteiger partial charge is 0.350 e. The molecule has 1 unspecified atom stereocenters. The molecule has 0 saturated carbocycles. The molecule has 2 N–H and O–H groups in total. The Labute approximate surface area is 200 Å². The van der Waals surface area contributed by atoms with Crippen LogP contribution < -0.4 is 5.32 Å². The third kappa shape index (κ3) is 4.78. The summed E-state index contributed by atoms with van der Waals surface area (Å²) in [6, 6.07) is 11.6. The van der Waals surface area contributed by atoms with Gasteiger partial charge in [0.15, 0.2) is 5.03 Å². The number of H-pyrrole nitrogens is 1. The fourth-order valence-electron chi connectivity index (χ4n) is 4.39. The summed E-state index contributed by atoms with van der Waals surface area (Å²) in [6.45, 7) is 7.08. The lowest BCUT2D eigenvalue weighted by Gasteiger charge is -2.42. The van der Waals surface area contributed by atoms with Gasteiger partial charge in [-0.3, -0.25) is 9.89 Å². The van der Waals surface area contributed by atoms with Gasteiger partial charge in [-0.25, -0.2) is 13.4 Å². The van der Waals surface area contributed by atoms with Crippen LogP contribution in [0.1, 0.15) is 55.4 Å². The minimum atomic E-state index is -3.75. The van der Waals surface area contributed by atoms with Crippen LogP contribution in [0.25, 0.3) is 0 Å². The number of rotatable bonds is 6. The monoisotopic (exact) mass is 484 g/mol. The quantitative estimate of drug-likeness (QED) is 0.558. The second-order valence-electron chi connectivity index (χ2n) is 10.1. The molecule has 9 nitrogen and oxygen atoms in total. The minimum Gasteiger partial charge on any atom is -0.350 e. The molecule has 3 aromatic rings. The number of nitrogens with zero attached hydrogens (tertiary/aromatic N) is 4. The number of aromatic amines is 1. The molecule has 1 aromatic carbocycles. The van der Waals surface area contributed by atoms with Gasteiger partial charge in [-0.05, 0) is 24.5 Å². The van der Waals surface area contributed by atoms with Gasteiger partial charge in [-0.1, -0.05) is 51.1 Å². The number of carbonyl (C=O) groups is 1. The Morgan fingerprint density at radius 1 is 1.24 bits per heavy atom. The highest BCUT2D eigenvalue weighted by Crippen LogP contribution is 2.36. The van der Waals surface area contributed by atoms with Crippen molar-refractivity contribution in [1.29, 1.82) is 0 Å².